The topological polar surface area (TPSA) is 178 Å². The Hall–Kier alpha value is -5.52. The molecule has 12 nitrogen and oxygen atoms in total. The van der Waals surface area contributed by atoms with E-state index in [4.69, 9.17) is 13.9 Å². The summed E-state index contributed by atoms with van der Waals surface area (Å²) in [5, 5.41) is 21.8. The first-order valence-electron chi connectivity index (χ1n) is 15.5. The number of fused-ring (bicyclic) bond motifs is 7. The lowest BCUT2D eigenvalue weighted by Gasteiger charge is -2.42. The predicted octanol–water partition coefficient (Wildman–Crippen LogP) is 4.39. The van der Waals surface area contributed by atoms with E-state index in [1.165, 1.54) is 31.2 Å². The van der Waals surface area contributed by atoms with Crippen molar-refractivity contribution in [3.63, 3.8) is 0 Å². The van der Waals surface area contributed by atoms with Gasteiger partial charge in [0.2, 0.25) is 17.0 Å². The van der Waals surface area contributed by atoms with E-state index in [0.717, 1.165) is 11.0 Å². The van der Waals surface area contributed by atoms with Crippen LogP contribution in [0.2, 0.25) is 0 Å². The van der Waals surface area contributed by atoms with E-state index in [9.17, 15) is 39.0 Å². The van der Waals surface area contributed by atoms with Gasteiger partial charge in [0.1, 0.15) is 29.3 Å². The summed E-state index contributed by atoms with van der Waals surface area (Å²) < 4.78 is 17.0. The van der Waals surface area contributed by atoms with Crippen LogP contribution in [0.25, 0.3) is 21.7 Å². The fourth-order valence-electron chi connectivity index (χ4n) is 7.40. The van der Waals surface area contributed by atoms with Crippen molar-refractivity contribution in [1.82, 2.24) is 4.90 Å². The van der Waals surface area contributed by atoms with Crippen molar-refractivity contribution >= 4 is 51.2 Å². The van der Waals surface area contributed by atoms with Gasteiger partial charge < -0.3 is 24.1 Å². The molecule has 1 aromatic heterocycles. The smallest absolute Gasteiger partial charge is 0.337 e. The van der Waals surface area contributed by atoms with Crippen molar-refractivity contribution in [2.45, 2.75) is 58.7 Å². The van der Waals surface area contributed by atoms with Gasteiger partial charge in [-0.05, 0) is 67.5 Å². The normalized spacial score (nSPS) is 22.0. The van der Waals surface area contributed by atoms with Crippen LogP contribution in [-0.4, -0.2) is 62.4 Å². The predicted molar refractivity (Wildman–Crippen MR) is 169 cm³/mol. The second-order valence-electron chi connectivity index (χ2n) is 13.6. The Morgan fingerprint density at radius 3 is 2.40 bits per heavy atom. The van der Waals surface area contributed by atoms with Crippen LogP contribution in [-0.2, 0) is 25.5 Å². The minimum atomic E-state index is -1.75. The molecule has 0 saturated carbocycles. The van der Waals surface area contributed by atoms with E-state index >= 15 is 0 Å². The standard InChI is InChI=1S/C36H31NO11/c1-15(2)10-16(3)33(44)46-14-35(4)34(45)48-36(5)13-18-11-17-6-8-20-25(23(17)29(41)24(18)32(43)37(35)36)30(42)26-27(39)21-12-19(38)7-9-22(21)47-31(26)28(20)40/h6-9,11-12,15-16,38,41H,10,13-14H2,1-5H3/t16-,35-,36-/m0/s1. The van der Waals surface area contributed by atoms with Crippen LogP contribution in [0.15, 0.2) is 45.6 Å². The van der Waals surface area contributed by atoms with Crippen LogP contribution in [0.5, 0.6) is 11.5 Å². The molecule has 3 aromatic carbocycles. The Morgan fingerprint density at radius 2 is 1.69 bits per heavy atom. The molecule has 1 amide bonds. The number of hydrogen-bond acceptors (Lipinski definition) is 11. The molecule has 2 aliphatic heterocycles. The number of nitrogens with zero attached hydrogens (tertiary/aromatic N) is 1. The number of esters is 2. The summed E-state index contributed by atoms with van der Waals surface area (Å²) >= 11 is 0. The summed E-state index contributed by atoms with van der Waals surface area (Å²) in [5.41, 5.74) is -4.97. The first-order chi connectivity index (χ1) is 22.6. The zero-order valence-electron chi connectivity index (χ0n) is 26.8. The first-order valence-corrected chi connectivity index (χ1v) is 15.5. The molecule has 1 fully saturated rings. The average Bonchev–Trinajstić information content (AvgIpc) is 3.22. The number of rotatable bonds is 5. The highest BCUT2D eigenvalue weighted by atomic mass is 16.6. The third-order valence-corrected chi connectivity index (χ3v) is 9.52. The molecule has 246 valence electrons. The largest absolute Gasteiger partial charge is 0.508 e. The minimum Gasteiger partial charge on any atom is -0.508 e. The molecule has 12 heteroatoms. The van der Waals surface area contributed by atoms with Crippen molar-refractivity contribution in [2.75, 3.05) is 6.61 Å². The average molecular weight is 654 g/mol. The van der Waals surface area contributed by atoms with Crippen LogP contribution in [0, 0.1) is 11.8 Å². The third kappa shape index (κ3) is 4.21. The van der Waals surface area contributed by atoms with Crippen LogP contribution >= 0.6 is 0 Å². The van der Waals surface area contributed by atoms with Gasteiger partial charge in [0.15, 0.2) is 17.0 Å². The van der Waals surface area contributed by atoms with Gasteiger partial charge in [-0.1, -0.05) is 26.8 Å². The Kier molecular flexibility index (Phi) is 6.63. The molecule has 0 radical (unpaired) electrons. The Labute approximate surface area is 272 Å². The maximum atomic E-state index is 14.4. The van der Waals surface area contributed by atoms with Crippen LogP contribution in [0.4, 0.5) is 0 Å². The highest BCUT2D eigenvalue weighted by molar-refractivity contribution is 6.32. The fraction of sp³-hybridized carbons (Fsp3) is 0.333. The van der Waals surface area contributed by atoms with E-state index in [1.54, 1.807) is 19.9 Å². The van der Waals surface area contributed by atoms with Crippen molar-refractivity contribution < 1.29 is 48.1 Å². The zero-order valence-corrected chi connectivity index (χ0v) is 26.8. The van der Waals surface area contributed by atoms with Crippen LogP contribution in [0.1, 0.15) is 89.0 Å². The lowest BCUT2D eigenvalue weighted by atomic mass is 9.80. The van der Waals surface area contributed by atoms with E-state index in [0.29, 0.717) is 17.4 Å². The summed E-state index contributed by atoms with van der Waals surface area (Å²) in [6.45, 7) is 8.13. The Morgan fingerprint density at radius 1 is 0.958 bits per heavy atom. The maximum Gasteiger partial charge on any atom is 0.337 e. The first kappa shape index (κ1) is 31.1. The van der Waals surface area contributed by atoms with E-state index in [-0.39, 0.29) is 51.1 Å². The quantitative estimate of drug-likeness (QED) is 0.257. The van der Waals surface area contributed by atoms with Gasteiger partial charge in [-0.25, -0.2) is 4.79 Å². The Balaban J connectivity index is 1.35. The molecule has 3 heterocycles. The molecule has 48 heavy (non-hydrogen) atoms. The summed E-state index contributed by atoms with van der Waals surface area (Å²) in [6, 6.07) is 8.16. The zero-order chi connectivity index (χ0) is 34.6. The van der Waals surface area contributed by atoms with Crippen LogP contribution < -0.4 is 5.43 Å². The molecule has 2 N–H and O–H groups in total. The van der Waals surface area contributed by atoms with Crippen LogP contribution in [0.3, 0.4) is 0 Å². The molecule has 1 saturated heterocycles. The molecule has 1 aliphatic carbocycles. The highest BCUT2D eigenvalue weighted by Gasteiger charge is 2.64. The number of ether oxygens (including phenoxy) is 2. The van der Waals surface area contributed by atoms with Gasteiger partial charge in [-0.3, -0.25) is 28.9 Å². The molecule has 4 aromatic rings. The molecule has 0 spiro atoms. The van der Waals surface area contributed by atoms with Gasteiger partial charge in [0.25, 0.3) is 5.91 Å². The SMILES string of the molecule is CC(C)C[C@H](C)C(=O)OC[C@@]1(C)C(=O)O[C@@]2(C)Cc3cc4ccc5c(c4c(O)c3C(=O)N12)C(=O)c1c(oc2ccc(O)cc2c1=O)C5=O. The van der Waals surface area contributed by atoms with Crippen molar-refractivity contribution in [1.29, 1.82) is 0 Å². The molecule has 0 bridgehead atoms. The number of amides is 1. The van der Waals surface area contributed by atoms with Crippen molar-refractivity contribution in [3.8, 4) is 11.5 Å². The highest BCUT2D eigenvalue weighted by Crippen LogP contribution is 2.48. The molecular weight excluding hydrogens is 622 g/mol. The van der Waals surface area contributed by atoms with Gasteiger partial charge >= 0.3 is 11.9 Å². The number of phenols is 2. The number of carbonyl (C=O) groups is 5. The number of benzene rings is 3. The number of aromatic hydroxyl groups is 2. The van der Waals surface area contributed by atoms with Gasteiger partial charge in [-0.2, -0.15) is 0 Å². The molecule has 3 aliphatic rings. The second-order valence-corrected chi connectivity index (χ2v) is 13.6. The van der Waals surface area contributed by atoms with E-state index in [1.807, 2.05) is 13.8 Å². The van der Waals surface area contributed by atoms with E-state index in [2.05, 4.69) is 0 Å². The molecule has 3 atom stereocenters. The fourth-order valence-corrected chi connectivity index (χ4v) is 7.40. The number of ketones is 2. The van der Waals surface area contributed by atoms with Gasteiger partial charge in [0, 0.05) is 22.9 Å². The molecule has 7 rings (SSSR count). The van der Waals surface area contributed by atoms with E-state index < -0.39 is 75.7 Å². The van der Waals surface area contributed by atoms with Gasteiger partial charge in [0.05, 0.1) is 16.9 Å². The lowest BCUT2D eigenvalue weighted by molar-refractivity contribution is -0.155. The summed E-state index contributed by atoms with van der Waals surface area (Å²) in [7, 11) is 0. The Bertz CT molecular complexity index is 2250. The summed E-state index contributed by atoms with van der Waals surface area (Å²) in [5.74, 6) is -5.39. The third-order valence-electron chi connectivity index (χ3n) is 9.52. The lowest BCUT2D eigenvalue weighted by Crippen LogP contribution is -2.61. The second kappa shape index (κ2) is 10.2. The summed E-state index contributed by atoms with van der Waals surface area (Å²) in [6.07, 6.45) is 0.522. The number of phenolic OH excluding ortho intramolecular Hbond substituents is 2. The van der Waals surface area contributed by atoms with Crippen molar-refractivity contribution in [3.05, 3.63) is 80.2 Å². The monoisotopic (exact) mass is 653 g/mol. The number of hydrogen-bond donors (Lipinski definition) is 2. The van der Waals surface area contributed by atoms with Crippen molar-refractivity contribution in [2.24, 2.45) is 11.8 Å². The molecular formula is C36H31NO11. The summed E-state index contributed by atoms with van der Waals surface area (Å²) in [4.78, 5) is 82.9. The van der Waals surface area contributed by atoms with Gasteiger partial charge in [-0.15, -0.1) is 0 Å². The minimum absolute atomic E-state index is 0.00186. The number of carbonyl (C=O) groups excluding carboxylic acids is 5. The maximum absolute atomic E-state index is 14.4. The molecule has 0 unspecified atom stereocenters.